The van der Waals surface area contributed by atoms with Crippen molar-refractivity contribution in [3.8, 4) is 0 Å². The third-order valence-electron chi connectivity index (χ3n) is 4.23. The number of hydrogen-bond donors (Lipinski definition) is 1. The number of amides is 1. The van der Waals surface area contributed by atoms with Crippen molar-refractivity contribution < 1.29 is 24.2 Å². The van der Waals surface area contributed by atoms with Gasteiger partial charge in [-0.15, -0.1) is 0 Å². The molecule has 112 valence electrons. The fourth-order valence-corrected chi connectivity index (χ4v) is 2.86. The number of esters is 1. The van der Waals surface area contributed by atoms with Crippen LogP contribution in [0.3, 0.4) is 0 Å². The van der Waals surface area contributed by atoms with Gasteiger partial charge >= 0.3 is 11.9 Å². The number of carboxylic acids is 1. The van der Waals surface area contributed by atoms with E-state index in [1.165, 1.54) is 4.90 Å². The van der Waals surface area contributed by atoms with Crippen molar-refractivity contribution in [2.24, 2.45) is 17.3 Å². The van der Waals surface area contributed by atoms with Gasteiger partial charge in [-0.25, -0.2) is 0 Å². The van der Waals surface area contributed by atoms with Gasteiger partial charge in [-0.1, -0.05) is 13.8 Å². The van der Waals surface area contributed by atoms with Gasteiger partial charge in [-0.2, -0.15) is 0 Å². The van der Waals surface area contributed by atoms with E-state index in [2.05, 4.69) is 0 Å². The van der Waals surface area contributed by atoms with Crippen LogP contribution in [-0.2, 0) is 19.1 Å². The summed E-state index contributed by atoms with van der Waals surface area (Å²) in [5.41, 5.74) is -0.537. The number of carbonyl (C=O) groups is 3. The largest absolute Gasteiger partial charge is 0.481 e. The maximum atomic E-state index is 12.5. The lowest BCUT2D eigenvalue weighted by molar-refractivity contribution is -0.150. The van der Waals surface area contributed by atoms with Crippen LogP contribution in [0.1, 0.15) is 33.6 Å². The van der Waals surface area contributed by atoms with Crippen LogP contribution in [0, 0.1) is 17.3 Å². The zero-order chi connectivity index (χ0) is 15.1. The number of carboxylic acid groups (broad SMARTS) is 1. The van der Waals surface area contributed by atoms with Crippen molar-refractivity contribution in [3.63, 3.8) is 0 Å². The minimum absolute atomic E-state index is 0.0674. The molecule has 20 heavy (non-hydrogen) atoms. The number of ether oxygens (including phenoxy) is 1. The first-order valence-corrected chi connectivity index (χ1v) is 6.99. The summed E-state index contributed by atoms with van der Waals surface area (Å²) in [6, 6.07) is 0.0674. The Bertz CT molecular complexity index is 441. The van der Waals surface area contributed by atoms with Crippen molar-refractivity contribution >= 4 is 17.8 Å². The Morgan fingerprint density at radius 2 is 1.85 bits per heavy atom. The number of aliphatic carboxylic acids is 1. The predicted octanol–water partition coefficient (Wildman–Crippen LogP) is 0.897. The molecule has 0 aliphatic heterocycles. The molecule has 2 atom stereocenters. The van der Waals surface area contributed by atoms with Gasteiger partial charge in [0.05, 0.1) is 18.4 Å². The molecule has 6 nitrogen and oxygen atoms in total. The summed E-state index contributed by atoms with van der Waals surface area (Å²) in [6.07, 6.45) is 1.74. The van der Waals surface area contributed by atoms with Crippen molar-refractivity contribution in [2.45, 2.75) is 39.7 Å². The minimum Gasteiger partial charge on any atom is -0.481 e. The van der Waals surface area contributed by atoms with E-state index in [4.69, 9.17) is 9.84 Å². The highest BCUT2D eigenvalue weighted by molar-refractivity contribution is 5.93. The number of carbonyl (C=O) groups excluding carboxylic acids is 2. The highest BCUT2D eigenvalue weighted by atomic mass is 16.5. The molecule has 0 heterocycles. The fraction of sp³-hybridized carbons (Fsp3) is 0.786. The Labute approximate surface area is 118 Å². The van der Waals surface area contributed by atoms with E-state index < -0.39 is 29.2 Å². The van der Waals surface area contributed by atoms with Gasteiger partial charge in [-0.3, -0.25) is 14.4 Å². The van der Waals surface area contributed by atoms with E-state index in [0.717, 1.165) is 12.8 Å². The Kier molecular flexibility index (Phi) is 3.75. The molecular formula is C14H21NO5. The van der Waals surface area contributed by atoms with Gasteiger partial charge in [0.15, 0.2) is 0 Å². The van der Waals surface area contributed by atoms with Crippen LogP contribution >= 0.6 is 0 Å². The molecule has 2 rings (SSSR count). The molecule has 0 aromatic carbocycles. The van der Waals surface area contributed by atoms with Gasteiger partial charge in [0.25, 0.3) is 0 Å². The smallest absolute Gasteiger partial charge is 0.325 e. The predicted molar refractivity (Wildman–Crippen MR) is 69.8 cm³/mol. The van der Waals surface area contributed by atoms with Crippen LogP contribution in [0.2, 0.25) is 0 Å². The molecule has 2 fully saturated rings. The van der Waals surface area contributed by atoms with E-state index in [1.54, 1.807) is 20.8 Å². The quantitative estimate of drug-likeness (QED) is 0.732. The summed E-state index contributed by atoms with van der Waals surface area (Å²) in [7, 11) is 0. The first kappa shape index (κ1) is 14.8. The Balaban J connectivity index is 2.05. The summed E-state index contributed by atoms with van der Waals surface area (Å²) in [6.45, 7) is 5.48. The molecule has 0 radical (unpaired) electrons. The molecule has 2 aliphatic rings. The maximum Gasteiger partial charge on any atom is 0.325 e. The first-order valence-electron chi connectivity index (χ1n) is 6.99. The van der Waals surface area contributed by atoms with Crippen LogP contribution in [0.25, 0.3) is 0 Å². The summed E-state index contributed by atoms with van der Waals surface area (Å²) in [5.74, 6) is -2.79. The van der Waals surface area contributed by atoms with Crippen molar-refractivity contribution in [1.29, 1.82) is 0 Å². The molecule has 6 heteroatoms. The third-order valence-corrected chi connectivity index (χ3v) is 4.23. The SMILES string of the molecule is CCOC(=O)CN(C(=O)C1C(C(=O)O)C1(C)C)C1CC1. The molecule has 0 aromatic heterocycles. The number of rotatable bonds is 6. The molecule has 2 unspecified atom stereocenters. The average Bonchev–Trinajstić information content (AvgIpc) is 3.21. The average molecular weight is 283 g/mol. The molecule has 0 aromatic rings. The standard InChI is InChI=1S/C14H21NO5/c1-4-20-9(16)7-15(8-5-6-8)12(17)10-11(13(18)19)14(10,2)3/h8,10-11H,4-7H2,1-3H3,(H,18,19). The lowest BCUT2D eigenvalue weighted by Crippen LogP contribution is -2.40. The highest BCUT2D eigenvalue weighted by Gasteiger charge is 2.67. The van der Waals surface area contributed by atoms with Crippen LogP contribution < -0.4 is 0 Å². The van der Waals surface area contributed by atoms with Gasteiger partial charge < -0.3 is 14.7 Å². The third kappa shape index (κ3) is 2.64. The summed E-state index contributed by atoms with van der Waals surface area (Å²) in [5, 5.41) is 9.15. The molecule has 0 spiro atoms. The van der Waals surface area contributed by atoms with E-state index in [1.807, 2.05) is 0 Å². The summed E-state index contributed by atoms with van der Waals surface area (Å²) >= 11 is 0. The van der Waals surface area contributed by atoms with Gasteiger partial charge in [0.2, 0.25) is 5.91 Å². The maximum absolute atomic E-state index is 12.5. The van der Waals surface area contributed by atoms with Crippen molar-refractivity contribution in [1.82, 2.24) is 4.90 Å². The van der Waals surface area contributed by atoms with E-state index in [-0.39, 0.29) is 25.1 Å². The molecule has 2 aliphatic carbocycles. The van der Waals surface area contributed by atoms with E-state index >= 15 is 0 Å². The molecule has 2 saturated carbocycles. The van der Waals surface area contributed by atoms with Crippen LogP contribution in [0.4, 0.5) is 0 Å². The van der Waals surface area contributed by atoms with Crippen LogP contribution in [-0.4, -0.2) is 47.0 Å². The fourth-order valence-electron chi connectivity index (χ4n) is 2.86. The van der Waals surface area contributed by atoms with Crippen LogP contribution in [0.15, 0.2) is 0 Å². The van der Waals surface area contributed by atoms with E-state index in [9.17, 15) is 14.4 Å². The Hall–Kier alpha value is -1.59. The normalized spacial score (nSPS) is 26.8. The molecule has 1 amide bonds. The number of hydrogen-bond acceptors (Lipinski definition) is 4. The second kappa shape index (κ2) is 5.07. The second-order valence-corrected chi connectivity index (χ2v) is 6.12. The summed E-state index contributed by atoms with van der Waals surface area (Å²) < 4.78 is 4.88. The van der Waals surface area contributed by atoms with Gasteiger partial charge in [0, 0.05) is 6.04 Å². The van der Waals surface area contributed by atoms with Crippen molar-refractivity contribution in [2.75, 3.05) is 13.2 Å². The van der Waals surface area contributed by atoms with E-state index in [0.29, 0.717) is 0 Å². The Morgan fingerprint density at radius 3 is 2.25 bits per heavy atom. The zero-order valence-corrected chi connectivity index (χ0v) is 12.1. The monoisotopic (exact) mass is 283 g/mol. The van der Waals surface area contributed by atoms with Crippen molar-refractivity contribution in [3.05, 3.63) is 0 Å². The zero-order valence-electron chi connectivity index (χ0n) is 12.1. The van der Waals surface area contributed by atoms with Crippen LogP contribution in [0.5, 0.6) is 0 Å². The second-order valence-electron chi connectivity index (χ2n) is 6.12. The lowest BCUT2D eigenvalue weighted by Gasteiger charge is -2.22. The molecular weight excluding hydrogens is 262 g/mol. The molecule has 0 saturated heterocycles. The van der Waals surface area contributed by atoms with Gasteiger partial charge in [-0.05, 0) is 25.2 Å². The van der Waals surface area contributed by atoms with Gasteiger partial charge in [0.1, 0.15) is 6.54 Å². The number of nitrogens with zero attached hydrogens (tertiary/aromatic N) is 1. The Morgan fingerprint density at radius 1 is 1.25 bits per heavy atom. The lowest BCUT2D eigenvalue weighted by atomic mass is 10.1. The topological polar surface area (TPSA) is 83.9 Å². The first-order chi connectivity index (χ1) is 9.30. The molecule has 1 N–H and O–H groups in total. The summed E-state index contributed by atoms with van der Waals surface area (Å²) in [4.78, 5) is 36.8. The minimum atomic E-state index is -0.944. The highest BCUT2D eigenvalue weighted by Crippen LogP contribution is 2.59. The molecule has 0 bridgehead atoms.